The van der Waals surface area contributed by atoms with Gasteiger partial charge in [-0.2, -0.15) is 0 Å². The first-order valence-corrected chi connectivity index (χ1v) is 8.49. The van der Waals surface area contributed by atoms with Crippen LogP contribution in [0.15, 0.2) is 29.6 Å². The highest BCUT2D eigenvalue weighted by molar-refractivity contribution is 7.09. The normalized spacial score (nSPS) is 10.5. The van der Waals surface area contributed by atoms with Crippen LogP contribution in [0, 0.1) is 5.82 Å². The van der Waals surface area contributed by atoms with Gasteiger partial charge in [-0.25, -0.2) is 14.2 Å². The van der Waals surface area contributed by atoms with Crippen molar-refractivity contribution in [2.75, 3.05) is 27.4 Å². The van der Waals surface area contributed by atoms with E-state index in [0.717, 1.165) is 0 Å². The van der Waals surface area contributed by atoms with Crippen molar-refractivity contribution in [2.45, 2.75) is 13.0 Å². The zero-order valence-corrected chi connectivity index (χ0v) is 14.8. The van der Waals surface area contributed by atoms with Gasteiger partial charge in [-0.1, -0.05) is 0 Å². The van der Waals surface area contributed by atoms with Gasteiger partial charge >= 0.3 is 5.97 Å². The van der Waals surface area contributed by atoms with Gasteiger partial charge in [0.25, 0.3) is 5.91 Å². The number of hydrogen-bond donors (Lipinski definition) is 0. The fourth-order valence-corrected chi connectivity index (χ4v) is 2.95. The summed E-state index contributed by atoms with van der Waals surface area (Å²) in [5, 5.41) is 2.21. The average Bonchev–Trinajstić information content (AvgIpc) is 3.09. The number of halogens is 1. The monoisotopic (exact) mass is 366 g/mol. The summed E-state index contributed by atoms with van der Waals surface area (Å²) in [6.07, 6.45) is 0.651. The number of ether oxygens (including phenoxy) is 2. The van der Waals surface area contributed by atoms with E-state index >= 15 is 0 Å². The molecule has 1 heterocycles. The Morgan fingerprint density at radius 1 is 1.24 bits per heavy atom. The molecule has 25 heavy (non-hydrogen) atoms. The largest absolute Gasteiger partial charge is 0.464 e. The number of amides is 1. The van der Waals surface area contributed by atoms with Crippen LogP contribution < -0.4 is 0 Å². The van der Waals surface area contributed by atoms with Crippen molar-refractivity contribution >= 4 is 23.2 Å². The fraction of sp³-hybridized carbons (Fsp3) is 0.353. The zero-order valence-electron chi connectivity index (χ0n) is 14.0. The summed E-state index contributed by atoms with van der Waals surface area (Å²) in [5.74, 6) is -1.14. The van der Waals surface area contributed by atoms with Crippen LogP contribution in [0.25, 0.3) is 0 Å². The molecule has 0 unspecified atom stereocenters. The minimum atomic E-state index is -0.515. The van der Waals surface area contributed by atoms with Crippen molar-refractivity contribution in [1.29, 1.82) is 0 Å². The molecular formula is C17H19FN2O4S. The maximum Gasteiger partial charge on any atom is 0.357 e. The molecule has 1 amide bonds. The van der Waals surface area contributed by atoms with Crippen molar-refractivity contribution < 1.29 is 23.5 Å². The summed E-state index contributed by atoms with van der Waals surface area (Å²) >= 11 is 1.28. The molecular weight excluding hydrogens is 347 g/mol. The van der Waals surface area contributed by atoms with Crippen LogP contribution in [0.4, 0.5) is 4.39 Å². The maximum absolute atomic E-state index is 13.1. The molecule has 0 N–H and O–H groups in total. The lowest BCUT2D eigenvalue weighted by molar-refractivity contribution is 0.0594. The van der Waals surface area contributed by atoms with E-state index in [1.165, 1.54) is 42.7 Å². The van der Waals surface area contributed by atoms with Crippen LogP contribution in [0.5, 0.6) is 0 Å². The van der Waals surface area contributed by atoms with E-state index in [9.17, 15) is 14.0 Å². The molecule has 0 radical (unpaired) electrons. The molecule has 0 spiro atoms. The lowest BCUT2D eigenvalue weighted by Crippen LogP contribution is -2.32. The summed E-state index contributed by atoms with van der Waals surface area (Å²) in [6, 6.07) is 5.39. The van der Waals surface area contributed by atoms with Crippen molar-refractivity contribution in [1.82, 2.24) is 9.88 Å². The standard InChI is InChI=1S/C17H19FN2O4S/c1-23-9-3-8-20(16(21)12-4-6-13(18)7-5-12)10-15-19-14(11-25-15)17(22)24-2/h4-7,11H,3,8-10H2,1-2H3. The molecule has 0 aliphatic carbocycles. The molecule has 0 bridgehead atoms. The molecule has 0 saturated carbocycles. The predicted octanol–water partition coefficient (Wildman–Crippen LogP) is 2.75. The van der Waals surface area contributed by atoms with Crippen molar-refractivity contribution in [3.8, 4) is 0 Å². The quantitative estimate of drug-likeness (QED) is 0.531. The van der Waals surface area contributed by atoms with Gasteiger partial charge in [-0.05, 0) is 30.7 Å². The third-order valence-electron chi connectivity index (χ3n) is 3.43. The number of carbonyl (C=O) groups is 2. The summed E-state index contributed by atoms with van der Waals surface area (Å²) in [4.78, 5) is 30.0. The molecule has 1 aromatic carbocycles. The minimum Gasteiger partial charge on any atom is -0.464 e. The lowest BCUT2D eigenvalue weighted by atomic mass is 10.2. The maximum atomic E-state index is 13.1. The van der Waals surface area contributed by atoms with E-state index in [4.69, 9.17) is 4.74 Å². The molecule has 0 aliphatic heterocycles. The molecule has 6 nitrogen and oxygen atoms in total. The van der Waals surface area contributed by atoms with Gasteiger partial charge in [0.05, 0.1) is 13.7 Å². The van der Waals surface area contributed by atoms with Gasteiger partial charge in [0, 0.05) is 31.2 Å². The number of esters is 1. The predicted molar refractivity (Wildman–Crippen MR) is 91.1 cm³/mol. The van der Waals surface area contributed by atoms with Crippen LogP contribution in [0.1, 0.15) is 32.3 Å². The molecule has 2 rings (SSSR count). The Morgan fingerprint density at radius 3 is 2.60 bits per heavy atom. The number of thiazole rings is 1. The number of benzene rings is 1. The van der Waals surface area contributed by atoms with Gasteiger partial charge in [0.15, 0.2) is 5.69 Å². The van der Waals surface area contributed by atoms with Crippen molar-refractivity contribution in [3.63, 3.8) is 0 Å². The van der Waals surface area contributed by atoms with Crippen molar-refractivity contribution in [2.24, 2.45) is 0 Å². The molecule has 0 aliphatic rings. The topological polar surface area (TPSA) is 68.7 Å². The van der Waals surface area contributed by atoms with Gasteiger partial charge in [0.2, 0.25) is 0 Å². The Morgan fingerprint density at radius 2 is 1.96 bits per heavy atom. The first-order valence-electron chi connectivity index (χ1n) is 7.61. The van der Waals surface area contributed by atoms with Crippen LogP contribution >= 0.6 is 11.3 Å². The first-order chi connectivity index (χ1) is 12.0. The summed E-state index contributed by atoms with van der Waals surface area (Å²) < 4.78 is 22.7. The Kier molecular flexibility index (Phi) is 7.03. The summed E-state index contributed by atoms with van der Waals surface area (Å²) in [6.45, 7) is 1.22. The van der Waals surface area contributed by atoms with E-state index < -0.39 is 11.8 Å². The SMILES string of the molecule is COCCCN(Cc1nc(C(=O)OC)cs1)C(=O)c1ccc(F)cc1. The number of carbonyl (C=O) groups excluding carboxylic acids is 2. The number of aromatic nitrogens is 1. The van der Waals surface area contributed by atoms with Gasteiger partial charge in [-0.3, -0.25) is 4.79 Å². The molecule has 1 aromatic heterocycles. The molecule has 134 valence electrons. The van der Waals surface area contributed by atoms with E-state index in [1.54, 1.807) is 17.4 Å². The Balaban J connectivity index is 2.14. The summed E-state index contributed by atoms with van der Waals surface area (Å²) in [7, 11) is 2.88. The second-order valence-electron chi connectivity index (χ2n) is 5.20. The molecule has 0 saturated heterocycles. The second kappa shape index (κ2) is 9.24. The van der Waals surface area contributed by atoms with Crippen LogP contribution in [0.2, 0.25) is 0 Å². The minimum absolute atomic E-state index is 0.216. The Bertz CT molecular complexity index is 718. The van der Waals surface area contributed by atoms with E-state index in [1.807, 2.05) is 0 Å². The second-order valence-corrected chi connectivity index (χ2v) is 6.14. The number of rotatable bonds is 8. The van der Waals surface area contributed by atoms with E-state index in [0.29, 0.717) is 30.1 Å². The fourth-order valence-electron chi connectivity index (χ4n) is 2.17. The lowest BCUT2D eigenvalue weighted by Gasteiger charge is -2.21. The average molecular weight is 366 g/mol. The van der Waals surface area contributed by atoms with Gasteiger partial charge < -0.3 is 14.4 Å². The van der Waals surface area contributed by atoms with Gasteiger partial charge in [0.1, 0.15) is 10.8 Å². The third-order valence-corrected chi connectivity index (χ3v) is 4.26. The highest BCUT2D eigenvalue weighted by Gasteiger charge is 2.19. The Labute approximate surface area is 149 Å². The summed E-state index contributed by atoms with van der Waals surface area (Å²) in [5.41, 5.74) is 0.608. The van der Waals surface area contributed by atoms with Crippen LogP contribution in [0.3, 0.4) is 0 Å². The molecule has 0 fully saturated rings. The highest BCUT2D eigenvalue weighted by Crippen LogP contribution is 2.16. The number of hydrogen-bond acceptors (Lipinski definition) is 6. The van der Waals surface area contributed by atoms with E-state index in [2.05, 4.69) is 9.72 Å². The first kappa shape index (κ1) is 19.0. The molecule has 0 atom stereocenters. The molecule has 8 heteroatoms. The zero-order chi connectivity index (χ0) is 18.2. The third kappa shape index (κ3) is 5.33. The van der Waals surface area contributed by atoms with Crippen LogP contribution in [-0.4, -0.2) is 49.1 Å². The van der Waals surface area contributed by atoms with Crippen LogP contribution in [-0.2, 0) is 16.0 Å². The van der Waals surface area contributed by atoms with Gasteiger partial charge in [-0.15, -0.1) is 11.3 Å². The number of nitrogens with zero attached hydrogens (tertiary/aromatic N) is 2. The molecule has 2 aromatic rings. The Hall–Kier alpha value is -2.32. The highest BCUT2D eigenvalue weighted by atomic mass is 32.1. The van der Waals surface area contributed by atoms with E-state index in [-0.39, 0.29) is 18.1 Å². The van der Waals surface area contributed by atoms with Crippen molar-refractivity contribution in [3.05, 3.63) is 51.7 Å². The smallest absolute Gasteiger partial charge is 0.357 e. The number of methoxy groups -OCH3 is 2.